The molecule has 0 aromatic heterocycles. The molecular formula is C20H41Br. The molecule has 1 heteroatoms. The van der Waals surface area contributed by atoms with Crippen LogP contribution in [0.3, 0.4) is 0 Å². The van der Waals surface area contributed by atoms with E-state index in [-0.39, 0.29) is 0 Å². The van der Waals surface area contributed by atoms with Gasteiger partial charge in [-0.15, -0.1) is 0 Å². The molecule has 0 aliphatic rings. The van der Waals surface area contributed by atoms with Gasteiger partial charge in [0.25, 0.3) is 0 Å². The minimum Gasteiger partial charge on any atom is -0.0928 e. The highest BCUT2D eigenvalue weighted by Crippen LogP contribution is 2.22. The van der Waals surface area contributed by atoms with Gasteiger partial charge in [-0.25, -0.2) is 0 Å². The third-order valence-corrected chi connectivity index (χ3v) is 5.33. The molecule has 0 aliphatic heterocycles. The van der Waals surface area contributed by atoms with Crippen molar-refractivity contribution in [1.82, 2.24) is 0 Å². The van der Waals surface area contributed by atoms with E-state index in [1.165, 1.54) is 69.5 Å². The van der Waals surface area contributed by atoms with Crippen molar-refractivity contribution in [3.8, 4) is 0 Å². The van der Waals surface area contributed by atoms with Gasteiger partial charge in [0, 0.05) is 5.33 Å². The Hall–Kier alpha value is 0.480. The van der Waals surface area contributed by atoms with Crippen LogP contribution in [0.15, 0.2) is 0 Å². The molecule has 0 saturated carbocycles. The standard InChI is InChI=1S/C20H41Br/c1-17(2)9-6-10-18(3)11-7-12-19(4)13-8-14-20(5)15-16-21/h17-20H,6-16H2,1-5H3/t18-,19-,20-/m1/s1. The lowest BCUT2D eigenvalue weighted by molar-refractivity contribution is 0.377. The predicted octanol–water partition coefficient (Wildman–Crippen LogP) is 7.85. The molecule has 0 spiro atoms. The molecule has 0 amide bonds. The van der Waals surface area contributed by atoms with Gasteiger partial charge in [0.1, 0.15) is 0 Å². The SMILES string of the molecule is CC(C)CCC[C@@H](C)CCC[C@@H](C)CCC[C@@H](C)CCBr. The van der Waals surface area contributed by atoms with Crippen LogP contribution in [0.4, 0.5) is 0 Å². The van der Waals surface area contributed by atoms with Gasteiger partial charge in [-0.2, -0.15) is 0 Å². The van der Waals surface area contributed by atoms with Crippen LogP contribution in [-0.2, 0) is 0 Å². The number of alkyl halides is 1. The summed E-state index contributed by atoms with van der Waals surface area (Å²) in [6.07, 6.45) is 14.2. The summed E-state index contributed by atoms with van der Waals surface area (Å²) < 4.78 is 0. The Balaban J connectivity index is 3.45. The second kappa shape index (κ2) is 14.1. The van der Waals surface area contributed by atoms with Crippen molar-refractivity contribution in [2.45, 2.75) is 98.8 Å². The molecular weight excluding hydrogens is 320 g/mol. The number of hydrogen-bond acceptors (Lipinski definition) is 0. The van der Waals surface area contributed by atoms with E-state index < -0.39 is 0 Å². The van der Waals surface area contributed by atoms with Gasteiger partial charge >= 0.3 is 0 Å². The van der Waals surface area contributed by atoms with E-state index >= 15 is 0 Å². The zero-order valence-corrected chi connectivity index (χ0v) is 17.1. The largest absolute Gasteiger partial charge is 0.0928 e. The topological polar surface area (TPSA) is 0 Å². The van der Waals surface area contributed by atoms with Gasteiger partial charge in [0.05, 0.1) is 0 Å². The lowest BCUT2D eigenvalue weighted by Gasteiger charge is -2.16. The zero-order chi connectivity index (χ0) is 16.1. The predicted molar refractivity (Wildman–Crippen MR) is 102 cm³/mol. The van der Waals surface area contributed by atoms with Gasteiger partial charge in [-0.1, -0.05) is 108 Å². The summed E-state index contributed by atoms with van der Waals surface area (Å²) in [6, 6.07) is 0. The molecule has 21 heavy (non-hydrogen) atoms. The fourth-order valence-electron chi connectivity index (χ4n) is 3.12. The summed E-state index contributed by atoms with van der Waals surface area (Å²) in [5.74, 6) is 3.65. The third-order valence-electron chi connectivity index (χ3n) is 4.87. The van der Waals surface area contributed by atoms with Crippen molar-refractivity contribution < 1.29 is 0 Å². The highest BCUT2D eigenvalue weighted by atomic mass is 79.9. The van der Waals surface area contributed by atoms with Crippen LogP contribution in [0.5, 0.6) is 0 Å². The quantitative estimate of drug-likeness (QED) is 0.276. The molecule has 3 atom stereocenters. The molecule has 0 rings (SSSR count). The van der Waals surface area contributed by atoms with Crippen molar-refractivity contribution in [1.29, 1.82) is 0 Å². The summed E-state index contributed by atoms with van der Waals surface area (Å²) >= 11 is 3.54. The summed E-state index contributed by atoms with van der Waals surface area (Å²) in [5.41, 5.74) is 0. The Bertz CT molecular complexity index is 212. The smallest absolute Gasteiger partial charge is 0.00338 e. The van der Waals surface area contributed by atoms with Crippen LogP contribution in [0.25, 0.3) is 0 Å². The van der Waals surface area contributed by atoms with Crippen LogP contribution in [0.2, 0.25) is 0 Å². The Morgan fingerprint density at radius 1 is 0.524 bits per heavy atom. The summed E-state index contributed by atoms with van der Waals surface area (Å²) in [5, 5.41) is 1.17. The van der Waals surface area contributed by atoms with Crippen LogP contribution in [0, 0.1) is 23.7 Å². The van der Waals surface area contributed by atoms with Gasteiger partial charge in [0.2, 0.25) is 0 Å². The van der Waals surface area contributed by atoms with Crippen LogP contribution in [-0.4, -0.2) is 5.33 Å². The molecule has 0 heterocycles. The van der Waals surface area contributed by atoms with Crippen LogP contribution < -0.4 is 0 Å². The molecule has 128 valence electrons. The van der Waals surface area contributed by atoms with E-state index in [2.05, 4.69) is 50.5 Å². The molecule has 0 aliphatic carbocycles. The van der Waals surface area contributed by atoms with Gasteiger partial charge in [-0.3, -0.25) is 0 Å². The zero-order valence-electron chi connectivity index (χ0n) is 15.5. The number of rotatable bonds is 14. The molecule has 0 radical (unpaired) electrons. The van der Waals surface area contributed by atoms with E-state index in [0.29, 0.717) is 0 Å². The second-order valence-electron chi connectivity index (χ2n) is 7.98. The molecule has 0 aromatic rings. The molecule has 0 fully saturated rings. The van der Waals surface area contributed by atoms with E-state index in [1.807, 2.05) is 0 Å². The van der Waals surface area contributed by atoms with E-state index in [4.69, 9.17) is 0 Å². The lowest BCUT2D eigenvalue weighted by Crippen LogP contribution is -2.01. The monoisotopic (exact) mass is 360 g/mol. The van der Waals surface area contributed by atoms with Crippen molar-refractivity contribution in [2.75, 3.05) is 5.33 Å². The Morgan fingerprint density at radius 3 is 1.19 bits per heavy atom. The van der Waals surface area contributed by atoms with E-state index in [9.17, 15) is 0 Å². The summed E-state index contributed by atoms with van der Waals surface area (Å²) in [6.45, 7) is 12.0. The van der Waals surface area contributed by atoms with Crippen molar-refractivity contribution in [3.63, 3.8) is 0 Å². The fourth-order valence-corrected chi connectivity index (χ4v) is 3.90. The second-order valence-corrected chi connectivity index (χ2v) is 8.77. The van der Waals surface area contributed by atoms with Crippen molar-refractivity contribution >= 4 is 15.9 Å². The maximum absolute atomic E-state index is 3.54. The summed E-state index contributed by atoms with van der Waals surface area (Å²) in [4.78, 5) is 0. The first-order valence-electron chi connectivity index (χ1n) is 9.51. The molecule has 0 nitrogen and oxygen atoms in total. The molecule has 0 bridgehead atoms. The maximum atomic E-state index is 3.54. The average Bonchev–Trinajstić information content (AvgIpc) is 2.38. The molecule has 0 aromatic carbocycles. The lowest BCUT2D eigenvalue weighted by atomic mass is 9.91. The first kappa shape index (κ1) is 21.5. The highest BCUT2D eigenvalue weighted by molar-refractivity contribution is 9.09. The normalized spacial score (nSPS) is 16.1. The Kier molecular flexibility index (Phi) is 14.4. The highest BCUT2D eigenvalue weighted by Gasteiger charge is 2.07. The van der Waals surface area contributed by atoms with Crippen LogP contribution in [0.1, 0.15) is 98.8 Å². The van der Waals surface area contributed by atoms with Gasteiger partial charge in [-0.05, 0) is 30.1 Å². The number of halogens is 1. The van der Waals surface area contributed by atoms with Crippen molar-refractivity contribution in [3.05, 3.63) is 0 Å². The van der Waals surface area contributed by atoms with Gasteiger partial charge in [0.15, 0.2) is 0 Å². The summed E-state index contributed by atoms with van der Waals surface area (Å²) in [7, 11) is 0. The first-order valence-corrected chi connectivity index (χ1v) is 10.6. The molecule has 0 unspecified atom stereocenters. The van der Waals surface area contributed by atoms with Crippen LogP contribution >= 0.6 is 15.9 Å². The van der Waals surface area contributed by atoms with E-state index in [1.54, 1.807) is 0 Å². The number of hydrogen-bond donors (Lipinski definition) is 0. The Labute approximate surface area is 144 Å². The fraction of sp³-hybridized carbons (Fsp3) is 1.00. The van der Waals surface area contributed by atoms with Crippen molar-refractivity contribution in [2.24, 2.45) is 23.7 Å². The minimum atomic E-state index is 0.879. The minimum absolute atomic E-state index is 0.879. The molecule has 0 N–H and O–H groups in total. The van der Waals surface area contributed by atoms with E-state index in [0.717, 1.165) is 23.7 Å². The first-order chi connectivity index (χ1) is 9.95. The van der Waals surface area contributed by atoms with Gasteiger partial charge < -0.3 is 0 Å². The average molecular weight is 361 g/mol. The maximum Gasteiger partial charge on any atom is 0.00338 e. The third kappa shape index (κ3) is 15.2. The Morgan fingerprint density at radius 2 is 0.857 bits per heavy atom. The molecule has 0 saturated heterocycles.